The summed E-state index contributed by atoms with van der Waals surface area (Å²) < 4.78 is 28.3. The van der Waals surface area contributed by atoms with E-state index in [0.29, 0.717) is 12.0 Å². The number of hydrogen-bond acceptors (Lipinski definition) is 3. The van der Waals surface area contributed by atoms with Gasteiger partial charge in [0, 0.05) is 6.04 Å². The summed E-state index contributed by atoms with van der Waals surface area (Å²) in [5, 5.41) is 9.27. The van der Waals surface area contributed by atoms with Crippen LogP contribution in [0.1, 0.15) is 24.4 Å². The SMILES string of the molecule is O=CN(C1CC1)C(C(=O)O)c1ccc(OC(F)F)cc1. The third-order valence-corrected chi connectivity index (χ3v) is 3.04. The van der Waals surface area contributed by atoms with Crippen molar-refractivity contribution in [2.75, 3.05) is 0 Å². The van der Waals surface area contributed by atoms with Crippen molar-refractivity contribution in [1.82, 2.24) is 4.90 Å². The van der Waals surface area contributed by atoms with Crippen LogP contribution in [-0.2, 0) is 9.59 Å². The van der Waals surface area contributed by atoms with Gasteiger partial charge in [-0.2, -0.15) is 8.78 Å². The van der Waals surface area contributed by atoms with Gasteiger partial charge in [-0.05, 0) is 30.5 Å². The van der Waals surface area contributed by atoms with E-state index in [1.165, 1.54) is 29.2 Å². The van der Waals surface area contributed by atoms with Gasteiger partial charge >= 0.3 is 12.6 Å². The van der Waals surface area contributed by atoms with Crippen LogP contribution in [-0.4, -0.2) is 35.0 Å². The summed E-state index contributed by atoms with van der Waals surface area (Å²) in [6.07, 6.45) is 2.06. The Morgan fingerprint density at radius 3 is 2.35 bits per heavy atom. The van der Waals surface area contributed by atoms with E-state index in [0.717, 1.165) is 12.8 Å². The Balaban J connectivity index is 2.20. The summed E-state index contributed by atoms with van der Waals surface area (Å²) in [5.74, 6) is -1.22. The van der Waals surface area contributed by atoms with E-state index in [2.05, 4.69) is 4.74 Å². The zero-order valence-electron chi connectivity index (χ0n) is 10.4. The Hall–Kier alpha value is -2.18. The number of aliphatic carboxylic acids is 1. The first-order valence-electron chi connectivity index (χ1n) is 6.03. The zero-order chi connectivity index (χ0) is 14.7. The summed E-state index contributed by atoms with van der Waals surface area (Å²) in [5.41, 5.74) is 0.345. The molecule has 2 rings (SSSR count). The highest BCUT2D eigenvalue weighted by Gasteiger charge is 2.37. The molecule has 1 amide bonds. The first-order chi connectivity index (χ1) is 9.52. The summed E-state index contributed by atoms with van der Waals surface area (Å²) in [4.78, 5) is 23.6. The van der Waals surface area contributed by atoms with Crippen LogP contribution in [0.2, 0.25) is 0 Å². The maximum atomic E-state index is 12.0. The average molecular weight is 285 g/mol. The van der Waals surface area contributed by atoms with Gasteiger partial charge in [0.2, 0.25) is 6.41 Å². The zero-order valence-corrected chi connectivity index (χ0v) is 10.4. The maximum absolute atomic E-state index is 12.0. The minimum atomic E-state index is -2.94. The normalized spacial score (nSPS) is 15.8. The molecule has 1 saturated carbocycles. The standard InChI is InChI=1S/C13H13F2NO4/c14-13(15)20-10-5-1-8(2-6-10)11(12(18)19)16(7-17)9-3-4-9/h1-2,5-7,9,11,13H,3-4H2,(H,18,19). The average Bonchev–Trinajstić information content (AvgIpc) is 3.20. The minimum absolute atomic E-state index is 0.0584. The molecule has 0 bridgehead atoms. The number of carboxylic acids is 1. The number of ether oxygens (including phenoxy) is 1. The molecule has 1 fully saturated rings. The molecule has 1 aliphatic rings. The van der Waals surface area contributed by atoms with Gasteiger partial charge in [0.1, 0.15) is 5.75 Å². The quantitative estimate of drug-likeness (QED) is 0.778. The molecule has 108 valence electrons. The van der Waals surface area contributed by atoms with Gasteiger partial charge in [-0.25, -0.2) is 4.79 Å². The Labute approximate surface area is 113 Å². The van der Waals surface area contributed by atoms with E-state index in [1.807, 2.05) is 0 Å². The van der Waals surface area contributed by atoms with Gasteiger partial charge in [-0.3, -0.25) is 4.79 Å². The van der Waals surface area contributed by atoms with Crippen molar-refractivity contribution in [3.63, 3.8) is 0 Å². The van der Waals surface area contributed by atoms with Crippen LogP contribution in [0.4, 0.5) is 8.78 Å². The van der Waals surface area contributed by atoms with Gasteiger partial charge < -0.3 is 14.7 Å². The van der Waals surface area contributed by atoms with E-state index in [9.17, 15) is 23.5 Å². The fourth-order valence-electron chi connectivity index (χ4n) is 2.00. The second-order valence-corrected chi connectivity index (χ2v) is 4.47. The second kappa shape index (κ2) is 5.85. The molecule has 1 aromatic rings. The van der Waals surface area contributed by atoms with E-state index in [1.54, 1.807) is 0 Å². The van der Waals surface area contributed by atoms with E-state index in [4.69, 9.17) is 0 Å². The maximum Gasteiger partial charge on any atom is 0.387 e. The lowest BCUT2D eigenvalue weighted by atomic mass is 10.1. The van der Waals surface area contributed by atoms with E-state index in [-0.39, 0.29) is 11.8 Å². The molecule has 0 aromatic heterocycles. The number of carbonyl (C=O) groups is 2. The fraction of sp³-hybridized carbons (Fsp3) is 0.385. The van der Waals surface area contributed by atoms with Gasteiger partial charge in [0.25, 0.3) is 0 Å². The molecule has 1 N–H and O–H groups in total. The predicted molar refractivity (Wildman–Crippen MR) is 64.4 cm³/mol. The van der Waals surface area contributed by atoms with E-state index >= 15 is 0 Å². The molecule has 20 heavy (non-hydrogen) atoms. The number of alkyl halides is 2. The number of benzene rings is 1. The molecule has 1 atom stereocenters. The van der Waals surface area contributed by atoms with Crippen molar-refractivity contribution in [2.24, 2.45) is 0 Å². The van der Waals surface area contributed by atoms with Crippen LogP contribution >= 0.6 is 0 Å². The fourth-order valence-corrected chi connectivity index (χ4v) is 2.00. The van der Waals surface area contributed by atoms with Gasteiger partial charge in [0.05, 0.1) is 0 Å². The van der Waals surface area contributed by atoms with Crippen molar-refractivity contribution < 1.29 is 28.2 Å². The number of carboxylic acid groups (broad SMARTS) is 1. The number of carbonyl (C=O) groups excluding carboxylic acids is 1. The first-order valence-corrected chi connectivity index (χ1v) is 6.03. The van der Waals surface area contributed by atoms with Crippen molar-refractivity contribution >= 4 is 12.4 Å². The molecule has 0 saturated heterocycles. The van der Waals surface area contributed by atoms with Crippen LogP contribution in [0.3, 0.4) is 0 Å². The highest BCUT2D eigenvalue weighted by atomic mass is 19.3. The molecule has 0 spiro atoms. The number of nitrogens with zero attached hydrogens (tertiary/aromatic N) is 1. The monoisotopic (exact) mass is 285 g/mol. The predicted octanol–water partition coefficient (Wildman–Crippen LogP) is 2.03. The van der Waals surface area contributed by atoms with Crippen LogP contribution in [0, 0.1) is 0 Å². The van der Waals surface area contributed by atoms with Crippen LogP contribution in [0.5, 0.6) is 5.75 Å². The molecule has 0 heterocycles. The van der Waals surface area contributed by atoms with Gasteiger partial charge in [-0.1, -0.05) is 12.1 Å². The molecule has 1 aliphatic carbocycles. The lowest BCUT2D eigenvalue weighted by Gasteiger charge is -2.25. The van der Waals surface area contributed by atoms with E-state index < -0.39 is 18.6 Å². The van der Waals surface area contributed by atoms with Crippen LogP contribution in [0.15, 0.2) is 24.3 Å². The smallest absolute Gasteiger partial charge is 0.387 e. The lowest BCUT2D eigenvalue weighted by Crippen LogP contribution is -2.34. The Bertz CT molecular complexity index is 488. The Morgan fingerprint density at radius 1 is 1.35 bits per heavy atom. The van der Waals surface area contributed by atoms with Crippen molar-refractivity contribution in [2.45, 2.75) is 31.5 Å². The van der Waals surface area contributed by atoms with Crippen LogP contribution in [0.25, 0.3) is 0 Å². The summed E-state index contributed by atoms with van der Waals surface area (Å²) in [7, 11) is 0. The van der Waals surface area contributed by atoms with Crippen molar-refractivity contribution in [3.8, 4) is 5.75 Å². The number of amides is 1. The molecule has 1 unspecified atom stereocenters. The summed E-state index contributed by atoms with van der Waals surface area (Å²) in [6, 6.07) is 4.08. The molecular formula is C13H13F2NO4. The van der Waals surface area contributed by atoms with Gasteiger partial charge in [0.15, 0.2) is 6.04 Å². The van der Waals surface area contributed by atoms with Crippen LogP contribution < -0.4 is 4.74 Å². The van der Waals surface area contributed by atoms with Crippen molar-refractivity contribution in [3.05, 3.63) is 29.8 Å². The first kappa shape index (κ1) is 14.2. The highest BCUT2D eigenvalue weighted by Crippen LogP contribution is 2.33. The molecule has 0 aliphatic heterocycles. The van der Waals surface area contributed by atoms with Gasteiger partial charge in [-0.15, -0.1) is 0 Å². The largest absolute Gasteiger partial charge is 0.479 e. The second-order valence-electron chi connectivity index (χ2n) is 4.47. The number of halogens is 2. The summed E-state index contributed by atoms with van der Waals surface area (Å²) in [6.45, 7) is -2.94. The third-order valence-electron chi connectivity index (χ3n) is 3.04. The topological polar surface area (TPSA) is 66.8 Å². The number of rotatable bonds is 7. The third kappa shape index (κ3) is 3.23. The Morgan fingerprint density at radius 2 is 1.95 bits per heavy atom. The summed E-state index contributed by atoms with van der Waals surface area (Å²) >= 11 is 0. The molecule has 1 aromatic carbocycles. The molecular weight excluding hydrogens is 272 g/mol. The molecule has 5 nitrogen and oxygen atoms in total. The molecule has 7 heteroatoms. The molecule has 0 radical (unpaired) electrons. The van der Waals surface area contributed by atoms with Crippen molar-refractivity contribution in [1.29, 1.82) is 0 Å². The minimum Gasteiger partial charge on any atom is -0.479 e. The number of hydrogen-bond donors (Lipinski definition) is 1. The Kier molecular flexibility index (Phi) is 4.16. The highest BCUT2D eigenvalue weighted by molar-refractivity contribution is 5.78. The lowest BCUT2D eigenvalue weighted by molar-refractivity contribution is -0.147.